The Labute approximate surface area is 87.4 Å². The summed E-state index contributed by atoms with van der Waals surface area (Å²) in [6, 6.07) is 6.15. The third-order valence-electron chi connectivity index (χ3n) is 1.95. The monoisotopic (exact) mass is 213 g/mol. The van der Waals surface area contributed by atoms with Crippen LogP contribution in [0.25, 0.3) is 0 Å². The smallest absolute Gasteiger partial charge is 0.387 e. The number of rotatable bonds is 5. The van der Waals surface area contributed by atoms with Crippen LogP contribution in [0.1, 0.15) is 18.0 Å². The van der Waals surface area contributed by atoms with Crippen molar-refractivity contribution < 1.29 is 13.5 Å². The van der Waals surface area contributed by atoms with Gasteiger partial charge in [-0.1, -0.05) is 18.2 Å². The van der Waals surface area contributed by atoms with E-state index in [0.29, 0.717) is 6.42 Å². The normalized spacial score (nSPS) is 12.5. The molecule has 0 aliphatic heterocycles. The average molecular weight is 213 g/mol. The summed E-state index contributed by atoms with van der Waals surface area (Å²) in [5.41, 5.74) is 6.67. The van der Waals surface area contributed by atoms with Crippen molar-refractivity contribution in [3.05, 3.63) is 42.5 Å². The first kappa shape index (κ1) is 11.7. The third-order valence-corrected chi connectivity index (χ3v) is 1.95. The Kier molecular flexibility index (Phi) is 4.24. The molecule has 0 saturated carbocycles. The van der Waals surface area contributed by atoms with E-state index in [2.05, 4.69) is 11.3 Å². The van der Waals surface area contributed by atoms with Crippen molar-refractivity contribution in [2.45, 2.75) is 19.1 Å². The summed E-state index contributed by atoms with van der Waals surface area (Å²) in [4.78, 5) is 0. The zero-order valence-electron chi connectivity index (χ0n) is 8.20. The van der Waals surface area contributed by atoms with E-state index in [4.69, 9.17) is 5.73 Å². The summed E-state index contributed by atoms with van der Waals surface area (Å²) >= 11 is 0. The van der Waals surface area contributed by atoms with Gasteiger partial charge in [0.2, 0.25) is 0 Å². The molecule has 0 radical (unpaired) electrons. The molecule has 0 aliphatic rings. The molecule has 0 amide bonds. The summed E-state index contributed by atoms with van der Waals surface area (Å²) in [6.07, 6.45) is 2.36. The van der Waals surface area contributed by atoms with Crippen molar-refractivity contribution in [1.82, 2.24) is 0 Å². The highest BCUT2D eigenvalue weighted by Gasteiger charge is 2.06. The second-order valence-corrected chi connectivity index (χ2v) is 3.08. The van der Waals surface area contributed by atoms with E-state index in [1.807, 2.05) is 0 Å². The van der Waals surface area contributed by atoms with Gasteiger partial charge in [-0.25, -0.2) is 0 Å². The highest BCUT2D eigenvalue weighted by molar-refractivity contribution is 5.29. The van der Waals surface area contributed by atoms with Crippen molar-refractivity contribution in [3.8, 4) is 5.75 Å². The van der Waals surface area contributed by atoms with Gasteiger partial charge in [0.25, 0.3) is 0 Å². The molecule has 4 heteroatoms. The lowest BCUT2D eigenvalue weighted by atomic mass is 10.1. The van der Waals surface area contributed by atoms with Crippen LogP contribution in [0.2, 0.25) is 0 Å². The van der Waals surface area contributed by atoms with Gasteiger partial charge in [-0.05, 0) is 24.1 Å². The lowest BCUT2D eigenvalue weighted by molar-refractivity contribution is -0.0498. The highest BCUT2D eigenvalue weighted by Crippen LogP contribution is 2.19. The van der Waals surface area contributed by atoms with Gasteiger partial charge in [0.1, 0.15) is 5.75 Å². The van der Waals surface area contributed by atoms with Gasteiger partial charge >= 0.3 is 6.61 Å². The van der Waals surface area contributed by atoms with E-state index in [-0.39, 0.29) is 11.8 Å². The van der Waals surface area contributed by atoms with Gasteiger partial charge in [-0.3, -0.25) is 0 Å². The first-order chi connectivity index (χ1) is 7.13. The molecule has 0 fully saturated rings. The number of halogens is 2. The number of alkyl halides is 2. The van der Waals surface area contributed by atoms with Crippen molar-refractivity contribution in [3.63, 3.8) is 0 Å². The Bertz CT molecular complexity index is 311. The average Bonchev–Trinajstić information content (AvgIpc) is 2.18. The molecule has 0 spiro atoms. The fraction of sp³-hybridized carbons (Fsp3) is 0.273. The van der Waals surface area contributed by atoms with Crippen LogP contribution < -0.4 is 10.5 Å². The maximum Gasteiger partial charge on any atom is 0.387 e. The Hall–Kier alpha value is -1.42. The van der Waals surface area contributed by atoms with Crippen molar-refractivity contribution in [2.75, 3.05) is 0 Å². The second kappa shape index (κ2) is 5.46. The van der Waals surface area contributed by atoms with Crippen LogP contribution in [-0.4, -0.2) is 6.61 Å². The van der Waals surface area contributed by atoms with E-state index in [9.17, 15) is 8.78 Å². The van der Waals surface area contributed by atoms with Crippen LogP contribution in [0, 0.1) is 0 Å². The SMILES string of the molecule is C=CC[C@@H](N)c1ccc(OC(F)F)cc1. The first-order valence-corrected chi connectivity index (χ1v) is 4.54. The molecule has 0 aromatic heterocycles. The number of hydrogen-bond acceptors (Lipinski definition) is 2. The van der Waals surface area contributed by atoms with Crippen molar-refractivity contribution >= 4 is 0 Å². The van der Waals surface area contributed by atoms with Gasteiger partial charge in [0.15, 0.2) is 0 Å². The quantitative estimate of drug-likeness (QED) is 0.763. The highest BCUT2D eigenvalue weighted by atomic mass is 19.3. The fourth-order valence-electron chi connectivity index (χ4n) is 1.21. The number of hydrogen-bond donors (Lipinski definition) is 1. The van der Waals surface area contributed by atoms with Crippen LogP contribution in [0.5, 0.6) is 5.75 Å². The van der Waals surface area contributed by atoms with Crippen LogP contribution in [0.15, 0.2) is 36.9 Å². The predicted molar refractivity (Wildman–Crippen MR) is 54.8 cm³/mol. The largest absolute Gasteiger partial charge is 0.435 e. The minimum Gasteiger partial charge on any atom is -0.435 e. The molecule has 1 atom stereocenters. The number of benzene rings is 1. The fourth-order valence-corrected chi connectivity index (χ4v) is 1.21. The molecule has 1 rings (SSSR count). The lowest BCUT2D eigenvalue weighted by Crippen LogP contribution is -2.09. The van der Waals surface area contributed by atoms with E-state index in [0.717, 1.165) is 5.56 Å². The summed E-state index contributed by atoms with van der Waals surface area (Å²) in [5, 5.41) is 0. The summed E-state index contributed by atoms with van der Waals surface area (Å²) < 4.78 is 27.9. The maximum atomic E-state index is 11.8. The zero-order chi connectivity index (χ0) is 11.3. The summed E-state index contributed by atoms with van der Waals surface area (Å²) in [7, 11) is 0. The van der Waals surface area contributed by atoms with Crippen LogP contribution in [-0.2, 0) is 0 Å². The van der Waals surface area contributed by atoms with Gasteiger partial charge in [0, 0.05) is 6.04 Å². The summed E-state index contributed by atoms with van der Waals surface area (Å²) in [5.74, 6) is 0.138. The Morgan fingerprint density at radius 3 is 2.40 bits per heavy atom. The maximum absolute atomic E-state index is 11.8. The molecule has 0 saturated heterocycles. The number of nitrogens with two attached hydrogens (primary N) is 1. The van der Waals surface area contributed by atoms with Crippen molar-refractivity contribution in [1.29, 1.82) is 0 Å². The van der Waals surface area contributed by atoms with E-state index in [1.165, 1.54) is 12.1 Å². The number of ether oxygens (including phenoxy) is 1. The lowest BCUT2D eigenvalue weighted by Gasteiger charge is -2.10. The predicted octanol–water partition coefficient (Wildman–Crippen LogP) is 2.86. The second-order valence-electron chi connectivity index (χ2n) is 3.08. The van der Waals surface area contributed by atoms with E-state index >= 15 is 0 Å². The molecular formula is C11H13F2NO. The Morgan fingerprint density at radius 2 is 1.93 bits per heavy atom. The molecule has 0 aliphatic carbocycles. The molecular weight excluding hydrogens is 200 g/mol. The van der Waals surface area contributed by atoms with Crippen LogP contribution in [0.3, 0.4) is 0 Å². The molecule has 0 heterocycles. The minimum atomic E-state index is -2.79. The standard InChI is InChI=1S/C11H13F2NO/c1-2-3-10(14)8-4-6-9(7-5-8)15-11(12)13/h2,4-7,10-11H,1,3,14H2/t10-/m1/s1. The molecule has 82 valence electrons. The van der Waals surface area contributed by atoms with E-state index < -0.39 is 6.61 Å². The molecule has 15 heavy (non-hydrogen) atoms. The molecule has 2 N–H and O–H groups in total. The van der Waals surface area contributed by atoms with Gasteiger partial charge in [-0.15, -0.1) is 6.58 Å². The Balaban J connectivity index is 2.67. The summed E-state index contributed by atoms with van der Waals surface area (Å²) in [6.45, 7) is 0.785. The molecule has 0 bridgehead atoms. The molecule has 1 aromatic carbocycles. The zero-order valence-corrected chi connectivity index (χ0v) is 8.20. The minimum absolute atomic E-state index is 0.138. The first-order valence-electron chi connectivity index (χ1n) is 4.54. The van der Waals surface area contributed by atoms with Gasteiger partial charge < -0.3 is 10.5 Å². The van der Waals surface area contributed by atoms with Gasteiger partial charge in [0.05, 0.1) is 0 Å². The van der Waals surface area contributed by atoms with E-state index in [1.54, 1.807) is 18.2 Å². The molecule has 0 unspecified atom stereocenters. The topological polar surface area (TPSA) is 35.2 Å². The van der Waals surface area contributed by atoms with Crippen LogP contribution >= 0.6 is 0 Å². The van der Waals surface area contributed by atoms with Crippen molar-refractivity contribution in [2.24, 2.45) is 5.73 Å². The third kappa shape index (κ3) is 3.67. The molecule has 2 nitrogen and oxygen atoms in total. The molecule has 1 aromatic rings. The van der Waals surface area contributed by atoms with Crippen LogP contribution in [0.4, 0.5) is 8.78 Å². The Morgan fingerprint density at radius 1 is 1.33 bits per heavy atom. The van der Waals surface area contributed by atoms with Gasteiger partial charge in [-0.2, -0.15) is 8.78 Å².